The molecular weight excluding hydrogens is 242 g/mol. The van der Waals surface area contributed by atoms with Crippen LogP contribution in [0.1, 0.15) is 25.3 Å². The van der Waals surface area contributed by atoms with Crippen molar-refractivity contribution in [3.05, 3.63) is 29.8 Å². The Morgan fingerprint density at radius 1 is 1.42 bits per heavy atom. The number of rotatable bonds is 7. The van der Waals surface area contributed by atoms with Gasteiger partial charge in [0.25, 0.3) is 0 Å². The predicted octanol–water partition coefficient (Wildman–Crippen LogP) is 1.77. The van der Waals surface area contributed by atoms with Crippen molar-refractivity contribution in [2.75, 3.05) is 25.0 Å². The highest BCUT2D eigenvalue weighted by Crippen LogP contribution is 2.11. The van der Waals surface area contributed by atoms with Crippen LogP contribution >= 0.6 is 0 Å². The van der Waals surface area contributed by atoms with E-state index in [1.54, 1.807) is 4.90 Å². The molecule has 0 aliphatic carbocycles. The van der Waals surface area contributed by atoms with Crippen LogP contribution in [0.4, 0.5) is 10.5 Å². The van der Waals surface area contributed by atoms with E-state index in [1.807, 2.05) is 24.3 Å². The molecule has 106 valence electrons. The number of benzene rings is 1. The summed E-state index contributed by atoms with van der Waals surface area (Å²) in [5, 5.41) is 11.8. The lowest BCUT2D eigenvalue weighted by atomic mass is 10.2. The Morgan fingerprint density at radius 3 is 2.84 bits per heavy atom. The standard InChI is InChI=1S/C14H23N3O2/c1-2-3-7-17(8-9-18)14(19)16-13-6-4-5-12(10-13)11-15/h4-6,10,18H,2-3,7-9,11,15H2,1H3,(H,16,19). The van der Waals surface area contributed by atoms with Gasteiger partial charge >= 0.3 is 6.03 Å². The van der Waals surface area contributed by atoms with E-state index in [-0.39, 0.29) is 12.6 Å². The first-order valence-corrected chi connectivity index (χ1v) is 6.67. The second-order valence-electron chi connectivity index (χ2n) is 4.40. The lowest BCUT2D eigenvalue weighted by Gasteiger charge is -2.22. The molecule has 0 bridgehead atoms. The van der Waals surface area contributed by atoms with E-state index in [0.29, 0.717) is 19.6 Å². The number of amides is 2. The van der Waals surface area contributed by atoms with Crippen molar-refractivity contribution in [1.29, 1.82) is 0 Å². The van der Waals surface area contributed by atoms with Crippen molar-refractivity contribution in [1.82, 2.24) is 4.90 Å². The largest absolute Gasteiger partial charge is 0.395 e. The van der Waals surface area contributed by atoms with Gasteiger partial charge < -0.3 is 21.1 Å². The SMILES string of the molecule is CCCCN(CCO)C(=O)Nc1cccc(CN)c1. The molecule has 19 heavy (non-hydrogen) atoms. The molecule has 1 aromatic carbocycles. The molecule has 1 rings (SSSR count). The number of carbonyl (C=O) groups excluding carboxylic acids is 1. The second kappa shape index (κ2) is 8.50. The van der Waals surface area contributed by atoms with E-state index in [0.717, 1.165) is 24.1 Å². The summed E-state index contributed by atoms with van der Waals surface area (Å²) in [4.78, 5) is 13.7. The van der Waals surface area contributed by atoms with Gasteiger partial charge in [0.15, 0.2) is 0 Å². The number of anilines is 1. The number of urea groups is 1. The maximum absolute atomic E-state index is 12.1. The zero-order valence-corrected chi connectivity index (χ0v) is 11.4. The summed E-state index contributed by atoms with van der Waals surface area (Å²) in [6.07, 6.45) is 1.94. The number of aliphatic hydroxyl groups excluding tert-OH is 1. The van der Waals surface area contributed by atoms with Crippen LogP contribution < -0.4 is 11.1 Å². The van der Waals surface area contributed by atoms with E-state index in [9.17, 15) is 4.79 Å². The van der Waals surface area contributed by atoms with E-state index in [1.165, 1.54) is 0 Å². The lowest BCUT2D eigenvalue weighted by molar-refractivity contribution is 0.187. The van der Waals surface area contributed by atoms with Crippen molar-refractivity contribution in [3.63, 3.8) is 0 Å². The molecule has 0 aliphatic heterocycles. The molecule has 4 N–H and O–H groups in total. The van der Waals surface area contributed by atoms with Crippen molar-refractivity contribution in [2.24, 2.45) is 5.73 Å². The average Bonchev–Trinajstić information content (AvgIpc) is 2.43. The summed E-state index contributed by atoms with van der Waals surface area (Å²) >= 11 is 0. The first kappa shape index (κ1) is 15.5. The fraction of sp³-hybridized carbons (Fsp3) is 0.500. The molecule has 1 aromatic rings. The summed E-state index contributed by atoms with van der Waals surface area (Å²) in [6, 6.07) is 7.28. The van der Waals surface area contributed by atoms with Crippen LogP contribution in [-0.2, 0) is 6.54 Å². The third-order valence-electron chi connectivity index (χ3n) is 2.85. The van der Waals surface area contributed by atoms with Gasteiger partial charge in [0.1, 0.15) is 0 Å². The highest BCUT2D eigenvalue weighted by Gasteiger charge is 2.12. The van der Waals surface area contributed by atoms with Crippen molar-refractivity contribution in [2.45, 2.75) is 26.3 Å². The molecule has 0 fully saturated rings. The van der Waals surface area contributed by atoms with Gasteiger partial charge in [-0.1, -0.05) is 25.5 Å². The van der Waals surface area contributed by atoms with Crippen LogP contribution in [0.25, 0.3) is 0 Å². The van der Waals surface area contributed by atoms with E-state index in [2.05, 4.69) is 12.2 Å². The number of nitrogens with one attached hydrogen (secondary N) is 1. The topological polar surface area (TPSA) is 78.6 Å². The highest BCUT2D eigenvalue weighted by atomic mass is 16.3. The molecule has 0 atom stereocenters. The quantitative estimate of drug-likeness (QED) is 0.703. The van der Waals surface area contributed by atoms with Crippen LogP contribution in [0.15, 0.2) is 24.3 Å². The van der Waals surface area contributed by atoms with Gasteiger partial charge in [0, 0.05) is 25.3 Å². The fourth-order valence-corrected chi connectivity index (χ4v) is 1.76. The maximum atomic E-state index is 12.1. The Balaban J connectivity index is 2.63. The molecule has 0 saturated heterocycles. The third kappa shape index (κ3) is 5.28. The van der Waals surface area contributed by atoms with Gasteiger partial charge in [0.2, 0.25) is 0 Å². The molecule has 0 unspecified atom stereocenters. The van der Waals surface area contributed by atoms with Crippen molar-refractivity contribution in [3.8, 4) is 0 Å². The highest BCUT2D eigenvalue weighted by molar-refractivity contribution is 5.89. The number of unbranched alkanes of at least 4 members (excludes halogenated alkanes) is 1. The molecule has 0 aromatic heterocycles. The van der Waals surface area contributed by atoms with Gasteiger partial charge in [-0.25, -0.2) is 4.79 Å². The minimum Gasteiger partial charge on any atom is -0.395 e. The van der Waals surface area contributed by atoms with Crippen molar-refractivity contribution >= 4 is 11.7 Å². The number of hydrogen-bond acceptors (Lipinski definition) is 3. The molecule has 5 heteroatoms. The van der Waals surface area contributed by atoms with Crippen molar-refractivity contribution < 1.29 is 9.90 Å². The predicted molar refractivity (Wildman–Crippen MR) is 76.9 cm³/mol. The Morgan fingerprint density at radius 2 is 2.21 bits per heavy atom. The van der Waals surface area contributed by atoms with Gasteiger partial charge in [-0.2, -0.15) is 0 Å². The molecular formula is C14H23N3O2. The van der Waals surface area contributed by atoms with E-state index < -0.39 is 0 Å². The maximum Gasteiger partial charge on any atom is 0.321 e. The number of aliphatic hydroxyl groups is 1. The van der Waals surface area contributed by atoms with Gasteiger partial charge in [-0.15, -0.1) is 0 Å². The average molecular weight is 265 g/mol. The minimum atomic E-state index is -0.184. The first-order chi connectivity index (χ1) is 9.21. The molecule has 0 heterocycles. The molecule has 0 saturated carbocycles. The Hall–Kier alpha value is -1.59. The van der Waals surface area contributed by atoms with Gasteiger partial charge in [0.05, 0.1) is 6.61 Å². The molecule has 0 radical (unpaired) electrons. The molecule has 0 aliphatic rings. The van der Waals surface area contributed by atoms with Crippen LogP contribution in [-0.4, -0.2) is 35.7 Å². The Bertz CT molecular complexity index is 396. The van der Waals surface area contributed by atoms with Gasteiger partial charge in [-0.05, 0) is 24.1 Å². The molecule has 0 spiro atoms. The zero-order chi connectivity index (χ0) is 14.1. The summed E-state index contributed by atoms with van der Waals surface area (Å²) < 4.78 is 0. The Kier molecular flexibility index (Phi) is 6.92. The summed E-state index contributed by atoms with van der Waals surface area (Å²) in [6.45, 7) is 3.49. The monoisotopic (exact) mass is 265 g/mol. The summed E-state index contributed by atoms with van der Waals surface area (Å²) in [5.41, 5.74) is 7.27. The first-order valence-electron chi connectivity index (χ1n) is 6.67. The smallest absolute Gasteiger partial charge is 0.321 e. The van der Waals surface area contributed by atoms with Crippen LogP contribution in [0, 0.1) is 0 Å². The fourth-order valence-electron chi connectivity index (χ4n) is 1.76. The van der Waals surface area contributed by atoms with E-state index in [4.69, 9.17) is 10.8 Å². The second-order valence-corrected chi connectivity index (χ2v) is 4.40. The minimum absolute atomic E-state index is 0.0278. The number of carbonyl (C=O) groups is 1. The van der Waals surface area contributed by atoms with Crippen LogP contribution in [0.5, 0.6) is 0 Å². The normalized spacial score (nSPS) is 10.3. The Labute approximate surface area is 114 Å². The molecule has 2 amide bonds. The van der Waals surface area contributed by atoms with Crippen LogP contribution in [0.3, 0.4) is 0 Å². The lowest BCUT2D eigenvalue weighted by Crippen LogP contribution is -2.37. The van der Waals surface area contributed by atoms with Crippen LogP contribution in [0.2, 0.25) is 0 Å². The summed E-state index contributed by atoms with van der Waals surface area (Å²) in [7, 11) is 0. The van der Waals surface area contributed by atoms with Gasteiger partial charge in [-0.3, -0.25) is 0 Å². The third-order valence-corrected chi connectivity index (χ3v) is 2.85. The number of nitrogens with two attached hydrogens (primary N) is 1. The molecule has 5 nitrogen and oxygen atoms in total. The number of nitrogens with zero attached hydrogens (tertiary/aromatic N) is 1. The zero-order valence-electron chi connectivity index (χ0n) is 11.4. The van der Waals surface area contributed by atoms with E-state index >= 15 is 0 Å². The number of hydrogen-bond donors (Lipinski definition) is 3. The summed E-state index contributed by atoms with van der Waals surface area (Å²) in [5.74, 6) is 0.